The lowest BCUT2D eigenvalue weighted by Crippen LogP contribution is -2.57. The maximum absolute atomic E-state index is 13.3. The lowest BCUT2D eigenvalue weighted by Gasteiger charge is -2.40. The number of hydrogen-bond donors (Lipinski definition) is 2. The van der Waals surface area contributed by atoms with Crippen LogP contribution in [0.4, 0.5) is 13.2 Å². The number of halogens is 4. The molecule has 3 aromatic carbocycles. The van der Waals surface area contributed by atoms with Crippen LogP contribution in [0.25, 0.3) is 16.6 Å². The van der Waals surface area contributed by atoms with E-state index in [1.54, 1.807) is 48.5 Å². The zero-order valence-corrected chi connectivity index (χ0v) is 22.7. The second kappa shape index (κ2) is 11.5. The molecule has 1 aliphatic rings. The van der Waals surface area contributed by atoms with E-state index in [1.807, 2.05) is 0 Å². The van der Waals surface area contributed by atoms with Crippen molar-refractivity contribution < 1.29 is 32.2 Å². The molecular weight excluding hydrogens is 577 g/mol. The minimum absolute atomic E-state index is 0.0262. The predicted octanol–water partition coefficient (Wildman–Crippen LogP) is 4.26. The van der Waals surface area contributed by atoms with Crippen LogP contribution in [0.3, 0.4) is 0 Å². The minimum atomic E-state index is -5.15. The first-order valence-electron chi connectivity index (χ1n) is 13.0. The molecule has 5 rings (SSSR count). The molecule has 0 unspecified atom stereocenters. The Bertz CT molecular complexity index is 1760. The summed E-state index contributed by atoms with van der Waals surface area (Å²) in [5.74, 6) is -2.85. The molecule has 2 N–H and O–H groups in total. The molecule has 1 aromatic heterocycles. The zero-order chi connectivity index (χ0) is 30.1. The van der Waals surface area contributed by atoms with E-state index in [2.05, 4.69) is 10.3 Å². The molecule has 1 aliphatic heterocycles. The maximum atomic E-state index is 13.3. The van der Waals surface area contributed by atoms with Gasteiger partial charge in [0.05, 0.1) is 22.2 Å². The standard InChI is InChI=1S/C29H24ClF3N4O5/c30-19-8-4-9-21(16-19)36-26(39)23-11-5-10-22(24(23)35-28(36)41)25(38)34-20-12-14-37(15-13-20,42-27(40)29(31,32)33)17-18-6-2-1-3-7-18/h1-11,16,20H,12-15,17H2,(H-,34,35,38,39,41)/p+1. The van der Waals surface area contributed by atoms with Gasteiger partial charge in [0.2, 0.25) is 0 Å². The lowest BCUT2D eigenvalue weighted by molar-refractivity contribution is -1.10. The highest BCUT2D eigenvalue weighted by Crippen LogP contribution is 2.28. The average molecular weight is 602 g/mol. The van der Waals surface area contributed by atoms with Crippen molar-refractivity contribution >= 4 is 34.4 Å². The van der Waals surface area contributed by atoms with Crippen molar-refractivity contribution in [2.24, 2.45) is 0 Å². The number of amides is 1. The van der Waals surface area contributed by atoms with Crippen molar-refractivity contribution in [2.75, 3.05) is 13.1 Å². The highest BCUT2D eigenvalue weighted by atomic mass is 35.5. The molecule has 9 nitrogen and oxygen atoms in total. The van der Waals surface area contributed by atoms with Crippen molar-refractivity contribution in [2.45, 2.75) is 31.6 Å². The number of likely N-dealkylation sites (tertiary alicyclic amines) is 1. The van der Waals surface area contributed by atoms with Crippen LogP contribution in [-0.2, 0) is 16.2 Å². The molecule has 0 atom stereocenters. The molecule has 4 aromatic rings. The summed E-state index contributed by atoms with van der Waals surface area (Å²) in [7, 11) is 0. The number of alkyl halides is 3. The number of para-hydroxylation sites is 1. The number of benzene rings is 3. The van der Waals surface area contributed by atoms with Gasteiger partial charge in [0.25, 0.3) is 11.5 Å². The second-order valence-electron chi connectivity index (χ2n) is 10.1. The number of quaternary nitrogens is 1. The Morgan fingerprint density at radius 3 is 2.36 bits per heavy atom. The monoisotopic (exact) mass is 601 g/mol. The molecule has 1 fully saturated rings. The zero-order valence-electron chi connectivity index (χ0n) is 22.0. The fourth-order valence-corrected chi connectivity index (χ4v) is 5.34. The normalized spacial score (nSPS) is 18.9. The number of carbonyl (C=O) groups excluding carboxylic acids is 2. The Morgan fingerprint density at radius 1 is 1.00 bits per heavy atom. The number of piperidine rings is 1. The van der Waals surface area contributed by atoms with Crippen molar-refractivity contribution in [3.63, 3.8) is 0 Å². The van der Waals surface area contributed by atoms with E-state index in [9.17, 15) is 32.3 Å². The van der Waals surface area contributed by atoms with Crippen LogP contribution in [-0.4, -0.2) is 51.4 Å². The van der Waals surface area contributed by atoms with Crippen LogP contribution < -0.4 is 16.6 Å². The summed E-state index contributed by atoms with van der Waals surface area (Å²) in [6, 6.07) is 18.9. The van der Waals surface area contributed by atoms with Crippen LogP contribution >= 0.6 is 11.6 Å². The number of hydrogen-bond acceptors (Lipinski definition) is 5. The number of aromatic nitrogens is 2. The van der Waals surface area contributed by atoms with E-state index in [0.29, 0.717) is 10.6 Å². The second-order valence-corrected chi connectivity index (χ2v) is 10.5. The molecule has 42 heavy (non-hydrogen) atoms. The van der Waals surface area contributed by atoms with Crippen LogP contribution in [0.1, 0.15) is 28.8 Å². The molecule has 218 valence electrons. The van der Waals surface area contributed by atoms with E-state index in [-0.39, 0.29) is 54.6 Å². The van der Waals surface area contributed by atoms with Crippen molar-refractivity contribution in [1.82, 2.24) is 14.9 Å². The molecule has 0 aliphatic carbocycles. The van der Waals surface area contributed by atoms with Crippen molar-refractivity contribution in [3.8, 4) is 5.69 Å². The van der Waals surface area contributed by atoms with Gasteiger partial charge in [0.1, 0.15) is 19.6 Å². The Hall–Kier alpha value is -4.42. The van der Waals surface area contributed by atoms with Gasteiger partial charge in [0.15, 0.2) is 0 Å². The predicted molar refractivity (Wildman–Crippen MR) is 148 cm³/mol. The van der Waals surface area contributed by atoms with Crippen molar-refractivity contribution in [3.05, 3.63) is 110 Å². The van der Waals surface area contributed by atoms with Gasteiger partial charge in [0, 0.05) is 29.5 Å². The van der Waals surface area contributed by atoms with E-state index in [1.165, 1.54) is 24.3 Å². The Morgan fingerprint density at radius 2 is 1.69 bits per heavy atom. The Labute approximate surface area is 241 Å². The van der Waals surface area contributed by atoms with Crippen LogP contribution in [0.5, 0.6) is 0 Å². The molecule has 0 saturated carbocycles. The fourth-order valence-electron chi connectivity index (χ4n) is 5.15. The SMILES string of the molecule is O=C(NC1CC[N+](Cc2ccccc2)(OC(=O)C(F)(F)F)CC1)c1cccc2c(=O)n(-c3cccc(Cl)c3)c(=O)[nH]c12. The van der Waals surface area contributed by atoms with Gasteiger partial charge in [-0.25, -0.2) is 14.2 Å². The van der Waals surface area contributed by atoms with Gasteiger partial charge < -0.3 is 10.3 Å². The molecule has 0 spiro atoms. The third kappa shape index (κ3) is 6.09. The van der Waals surface area contributed by atoms with E-state index < -0.39 is 40.0 Å². The third-order valence-electron chi connectivity index (χ3n) is 7.17. The first-order chi connectivity index (χ1) is 20.0. The molecular formula is C29H25ClF3N4O5+. The summed E-state index contributed by atoms with van der Waals surface area (Å²) >= 11 is 6.02. The number of aromatic amines is 1. The number of nitrogens with zero attached hydrogens (tertiary/aromatic N) is 2. The van der Waals surface area contributed by atoms with E-state index in [0.717, 1.165) is 4.57 Å². The summed E-state index contributed by atoms with van der Waals surface area (Å²) in [5.41, 5.74) is -0.347. The number of rotatable bonds is 6. The lowest BCUT2D eigenvalue weighted by atomic mass is 10.0. The van der Waals surface area contributed by atoms with E-state index >= 15 is 0 Å². The molecule has 1 amide bonds. The molecule has 1 saturated heterocycles. The van der Waals surface area contributed by atoms with Crippen LogP contribution in [0, 0.1) is 0 Å². The quantitative estimate of drug-likeness (QED) is 0.321. The van der Waals surface area contributed by atoms with Crippen LogP contribution in [0.2, 0.25) is 5.02 Å². The van der Waals surface area contributed by atoms with Crippen LogP contribution in [0.15, 0.2) is 82.4 Å². The molecule has 0 radical (unpaired) electrons. The molecule has 2 heterocycles. The van der Waals surface area contributed by atoms with E-state index in [4.69, 9.17) is 16.4 Å². The Kier molecular flexibility index (Phi) is 7.93. The highest BCUT2D eigenvalue weighted by molar-refractivity contribution is 6.30. The summed E-state index contributed by atoms with van der Waals surface area (Å²) in [4.78, 5) is 58.9. The van der Waals surface area contributed by atoms with Gasteiger partial charge in [-0.15, -0.1) is 4.65 Å². The number of carbonyl (C=O) groups is 2. The first-order valence-corrected chi connectivity index (χ1v) is 13.4. The largest absolute Gasteiger partial charge is 0.497 e. The number of nitrogens with one attached hydrogen (secondary N) is 2. The van der Waals surface area contributed by atoms with Crippen molar-refractivity contribution in [1.29, 1.82) is 0 Å². The summed E-state index contributed by atoms with van der Waals surface area (Å²) < 4.78 is 39.6. The molecule has 13 heteroatoms. The van der Waals surface area contributed by atoms with Gasteiger partial charge >= 0.3 is 17.8 Å². The molecule has 0 bridgehead atoms. The third-order valence-corrected chi connectivity index (χ3v) is 7.41. The first kappa shape index (κ1) is 29.1. The fraction of sp³-hybridized carbons (Fsp3) is 0.241. The number of H-pyrrole nitrogens is 1. The average Bonchev–Trinajstić information content (AvgIpc) is 2.94. The van der Waals surface area contributed by atoms with Gasteiger partial charge in [-0.1, -0.05) is 54.1 Å². The number of fused-ring (bicyclic) bond motifs is 1. The summed E-state index contributed by atoms with van der Waals surface area (Å²) in [6.45, 7) is 0.0868. The smallest absolute Gasteiger partial charge is 0.349 e. The van der Waals surface area contributed by atoms with Gasteiger partial charge in [-0.3, -0.25) is 14.4 Å². The van der Waals surface area contributed by atoms with Gasteiger partial charge in [-0.2, -0.15) is 13.2 Å². The topological polar surface area (TPSA) is 110 Å². The summed E-state index contributed by atoms with van der Waals surface area (Å²) in [5, 5.41) is 3.28. The highest BCUT2D eigenvalue weighted by Gasteiger charge is 2.49. The maximum Gasteiger partial charge on any atom is 0.497 e. The van der Waals surface area contributed by atoms with Gasteiger partial charge in [-0.05, 0) is 30.3 Å². The minimum Gasteiger partial charge on any atom is -0.349 e. The number of hydroxylamine groups is 3. The summed E-state index contributed by atoms with van der Waals surface area (Å²) in [6.07, 6.45) is -4.72. The Balaban J connectivity index is 1.37.